The zero-order valence-corrected chi connectivity index (χ0v) is 16.8. The second-order valence-electron chi connectivity index (χ2n) is 7.75. The van der Waals surface area contributed by atoms with Gasteiger partial charge in [-0.1, -0.05) is 19.1 Å². The summed E-state index contributed by atoms with van der Waals surface area (Å²) in [7, 11) is 0. The summed E-state index contributed by atoms with van der Waals surface area (Å²) in [5, 5.41) is 3.42. The van der Waals surface area contributed by atoms with E-state index in [1.807, 2.05) is 6.07 Å². The Morgan fingerprint density at radius 3 is 3.00 bits per heavy atom. The Labute approximate surface area is 171 Å². The molecule has 2 amide bonds. The lowest BCUT2D eigenvalue weighted by Gasteiger charge is -2.29. The van der Waals surface area contributed by atoms with Crippen LogP contribution in [0.1, 0.15) is 23.8 Å². The molecule has 148 valence electrons. The van der Waals surface area contributed by atoms with E-state index in [1.54, 1.807) is 29.5 Å². The maximum atomic E-state index is 13.2. The van der Waals surface area contributed by atoms with Crippen molar-refractivity contribution in [2.24, 2.45) is 5.92 Å². The van der Waals surface area contributed by atoms with Crippen LogP contribution in [0.4, 0.5) is 11.4 Å². The van der Waals surface area contributed by atoms with Crippen LogP contribution in [0.25, 0.3) is 10.2 Å². The van der Waals surface area contributed by atoms with E-state index < -0.39 is 0 Å². The highest BCUT2D eigenvalue weighted by Crippen LogP contribution is 2.35. The molecule has 3 heterocycles. The first-order valence-corrected chi connectivity index (χ1v) is 10.5. The van der Waals surface area contributed by atoms with Crippen LogP contribution in [0.3, 0.4) is 0 Å². The van der Waals surface area contributed by atoms with Crippen LogP contribution in [-0.2, 0) is 29.0 Å². The highest BCUT2D eigenvalue weighted by Gasteiger charge is 2.28. The molecule has 1 N–H and O–H groups in total. The Morgan fingerprint density at radius 2 is 2.14 bits per heavy atom. The number of carbonyl (C=O) groups excluding carboxylic acids is 2. The Balaban J connectivity index is 1.50. The molecule has 0 bridgehead atoms. The van der Waals surface area contributed by atoms with Crippen LogP contribution in [0.15, 0.2) is 35.4 Å². The van der Waals surface area contributed by atoms with E-state index in [9.17, 15) is 14.4 Å². The summed E-state index contributed by atoms with van der Waals surface area (Å²) < 4.78 is 1.37. The number of aromatic nitrogens is 2. The summed E-state index contributed by atoms with van der Waals surface area (Å²) in [5.41, 5.74) is 2.16. The van der Waals surface area contributed by atoms with E-state index >= 15 is 0 Å². The predicted octanol–water partition coefficient (Wildman–Crippen LogP) is 2.57. The number of hydrogen-bond donors (Lipinski definition) is 1. The molecule has 0 radical (unpaired) electrons. The van der Waals surface area contributed by atoms with Crippen molar-refractivity contribution >= 4 is 44.7 Å². The molecule has 1 atom stereocenters. The fraction of sp³-hybridized carbons (Fsp3) is 0.333. The van der Waals surface area contributed by atoms with Crippen molar-refractivity contribution in [2.45, 2.75) is 32.7 Å². The molecule has 8 heteroatoms. The minimum absolute atomic E-state index is 0.0635. The van der Waals surface area contributed by atoms with Gasteiger partial charge in [-0.25, -0.2) is 4.98 Å². The van der Waals surface area contributed by atoms with Gasteiger partial charge < -0.3 is 5.32 Å². The summed E-state index contributed by atoms with van der Waals surface area (Å²) in [5.74, 6) is 0.0527. The van der Waals surface area contributed by atoms with Crippen LogP contribution in [-0.4, -0.2) is 27.9 Å². The first kappa shape index (κ1) is 18.1. The third kappa shape index (κ3) is 3.04. The number of amides is 2. The molecule has 0 saturated heterocycles. The average Bonchev–Trinajstić information content (AvgIpc) is 3.07. The fourth-order valence-electron chi connectivity index (χ4n) is 4.17. The lowest BCUT2D eigenvalue weighted by atomic mass is 9.89. The average molecular weight is 408 g/mol. The molecule has 1 aliphatic carbocycles. The van der Waals surface area contributed by atoms with Gasteiger partial charge in [0.2, 0.25) is 11.8 Å². The number of rotatable bonds is 2. The minimum atomic E-state index is -0.312. The highest BCUT2D eigenvalue weighted by molar-refractivity contribution is 7.18. The molecule has 0 saturated carbocycles. The molecule has 1 aliphatic heterocycles. The van der Waals surface area contributed by atoms with Gasteiger partial charge in [0.25, 0.3) is 5.56 Å². The quantitative estimate of drug-likeness (QED) is 0.706. The van der Waals surface area contributed by atoms with Gasteiger partial charge in [-0.15, -0.1) is 11.3 Å². The predicted molar refractivity (Wildman–Crippen MR) is 112 cm³/mol. The Bertz CT molecular complexity index is 1210. The van der Waals surface area contributed by atoms with Gasteiger partial charge in [-0.3, -0.25) is 23.9 Å². The number of hydrogen-bond acceptors (Lipinski definition) is 5. The molecular formula is C21H20N4O3S. The van der Waals surface area contributed by atoms with Gasteiger partial charge >= 0.3 is 0 Å². The van der Waals surface area contributed by atoms with Gasteiger partial charge in [-0.2, -0.15) is 0 Å². The second-order valence-corrected chi connectivity index (χ2v) is 8.84. The third-order valence-corrected chi connectivity index (χ3v) is 6.82. The molecule has 2 aromatic heterocycles. The molecule has 2 aliphatic rings. The van der Waals surface area contributed by atoms with Crippen LogP contribution in [0.2, 0.25) is 0 Å². The highest BCUT2D eigenvalue weighted by atomic mass is 32.1. The van der Waals surface area contributed by atoms with E-state index in [4.69, 9.17) is 0 Å². The summed E-state index contributed by atoms with van der Waals surface area (Å²) in [6.45, 7) is 2.01. The van der Waals surface area contributed by atoms with E-state index in [0.29, 0.717) is 22.7 Å². The number of nitrogens with one attached hydrogen (secondary N) is 1. The third-order valence-electron chi connectivity index (χ3n) is 5.66. The Morgan fingerprint density at radius 1 is 1.31 bits per heavy atom. The molecule has 1 aromatic carbocycles. The molecule has 3 aromatic rings. The summed E-state index contributed by atoms with van der Waals surface area (Å²) in [4.78, 5) is 46.0. The molecule has 5 rings (SSSR count). The van der Waals surface area contributed by atoms with E-state index in [0.717, 1.165) is 29.7 Å². The number of para-hydroxylation sites is 2. The first-order valence-electron chi connectivity index (χ1n) is 9.70. The Hall–Kier alpha value is -3.00. The largest absolute Gasteiger partial charge is 0.323 e. The monoisotopic (exact) mass is 408 g/mol. The molecule has 0 unspecified atom stereocenters. The van der Waals surface area contributed by atoms with Gasteiger partial charge in [0.1, 0.15) is 17.9 Å². The van der Waals surface area contributed by atoms with Crippen molar-refractivity contribution in [3.05, 3.63) is 51.4 Å². The fourth-order valence-corrected chi connectivity index (χ4v) is 5.51. The lowest BCUT2D eigenvalue weighted by molar-refractivity contribution is -0.122. The van der Waals surface area contributed by atoms with Crippen LogP contribution in [0.5, 0.6) is 0 Å². The number of fused-ring (bicyclic) bond motifs is 4. The number of anilines is 2. The van der Waals surface area contributed by atoms with Gasteiger partial charge in [-0.05, 0) is 42.9 Å². The van der Waals surface area contributed by atoms with Crippen molar-refractivity contribution in [3.63, 3.8) is 0 Å². The van der Waals surface area contributed by atoms with Crippen molar-refractivity contribution in [3.8, 4) is 0 Å². The molecule has 29 heavy (non-hydrogen) atoms. The van der Waals surface area contributed by atoms with E-state index in [-0.39, 0.29) is 30.5 Å². The van der Waals surface area contributed by atoms with Gasteiger partial charge in [0, 0.05) is 4.88 Å². The number of benzene rings is 1. The van der Waals surface area contributed by atoms with Crippen molar-refractivity contribution < 1.29 is 9.59 Å². The number of carbonyl (C=O) groups is 2. The maximum Gasteiger partial charge on any atom is 0.262 e. The van der Waals surface area contributed by atoms with Crippen LogP contribution < -0.4 is 15.8 Å². The first-order chi connectivity index (χ1) is 14.0. The smallest absolute Gasteiger partial charge is 0.262 e. The summed E-state index contributed by atoms with van der Waals surface area (Å²) in [6.07, 6.45) is 4.37. The minimum Gasteiger partial charge on any atom is -0.323 e. The molecular weight excluding hydrogens is 388 g/mol. The van der Waals surface area contributed by atoms with Crippen LogP contribution in [0, 0.1) is 5.92 Å². The van der Waals surface area contributed by atoms with E-state index in [2.05, 4.69) is 17.2 Å². The number of thiophene rings is 1. The van der Waals surface area contributed by atoms with Gasteiger partial charge in [0.15, 0.2) is 0 Å². The van der Waals surface area contributed by atoms with Gasteiger partial charge in [0.05, 0.1) is 23.1 Å². The SMILES string of the molecule is C[C@@H]1CCc2c(sc3ncn(CC(=O)N4CC(=O)Nc5ccccc54)c(=O)c23)C1. The molecule has 7 nitrogen and oxygen atoms in total. The summed E-state index contributed by atoms with van der Waals surface area (Å²) >= 11 is 1.59. The van der Waals surface area contributed by atoms with E-state index in [1.165, 1.54) is 20.7 Å². The maximum absolute atomic E-state index is 13.2. The topological polar surface area (TPSA) is 84.3 Å². The molecule has 0 spiro atoms. The Kier molecular flexibility index (Phi) is 4.24. The van der Waals surface area contributed by atoms with Crippen molar-refractivity contribution in [1.29, 1.82) is 0 Å². The number of nitrogens with zero attached hydrogens (tertiary/aromatic N) is 3. The normalized spacial score (nSPS) is 18.3. The van der Waals surface area contributed by atoms with Crippen LogP contribution >= 0.6 is 11.3 Å². The van der Waals surface area contributed by atoms with Crippen molar-refractivity contribution in [2.75, 3.05) is 16.8 Å². The second kappa shape index (κ2) is 6.81. The van der Waals surface area contributed by atoms with Crippen molar-refractivity contribution in [1.82, 2.24) is 9.55 Å². The summed E-state index contributed by atoms with van der Waals surface area (Å²) in [6, 6.07) is 7.16. The molecule has 0 fully saturated rings. The zero-order chi connectivity index (χ0) is 20.1. The lowest BCUT2D eigenvalue weighted by Crippen LogP contribution is -2.44. The zero-order valence-electron chi connectivity index (χ0n) is 16.0. The standard InChI is InChI=1S/C21H20N4O3S/c1-12-6-7-13-16(8-12)29-20-19(13)21(28)24(11-22-20)10-18(27)25-9-17(26)23-14-4-2-3-5-15(14)25/h2-5,11-12H,6-10H2,1H3,(H,23,26)/t12-/m1/s1. The number of aryl methyl sites for hydroxylation is 1.